The lowest BCUT2D eigenvalue weighted by Gasteiger charge is -2.51. The normalized spacial score (nSPS) is 29.7. The fourth-order valence-corrected chi connectivity index (χ4v) is 5.10. The Bertz CT molecular complexity index is 794. The summed E-state index contributed by atoms with van der Waals surface area (Å²) in [5.74, 6) is -0.662. The lowest BCUT2D eigenvalue weighted by Crippen LogP contribution is -2.61. The van der Waals surface area contributed by atoms with E-state index >= 15 is 0 Å². The minimum absolute atomic E-state index is 0.348. The number of imide groups is 1. The highest BCUT2D eigenvalue weighted by Crippen LogP contribution is 2.36. The first kappa shape index (κ1) is 18.9. The molecule has 0 unspecified atom stereocenters. The Morgan fingerprint density at radius 3 is 2.43 bits per heavy atom. The summed E-state index contributed by atoms with van der Waals surface area (Å²) in [5.41, 5.74) is 0.895. The number of rotatable bonds is 4. The Morgan fingerprint density at radius 2 is 1.71 bits per heavy atom. The first-order valence-electron chi connectivity index (χ1n) is 10.2. The summed E-state index contributed by atoms with van der Waals surface area (Å²) in [6.45, 7) is 2.94. The van der Waals surface area contributed by atoms with E-state index in [1.807, 2.05) is 0 Å². The number of hydrogen-bond donors (Lipinski definition) is 0. The maximum absolute atomic E-state index is 12.5. The molecule has 0 aliphatic carbocycles. The maximum Gasteiger partial charge on any atom is 0.338 e. The summed E-state index contributed by atoms with van der Waals surface area (Å²) in [7, 11) is 2.35. The number of carbonyl (C=O) groups is 3. The van der Waals surface area contributed by atoms with Gasteiger partial charge in [0.1, 0.15) is 6.61 Å². The number of quaternary nitrogens is 1. The number of piperidine rings is 2. The molecule has 28 heavy (non-hydrogen) atoms. The molecule has 0 spiro atoms. The van der Waals surface area contributed by atoms with E-state index in [-0.39, 0.29) is 17.8 Å². The second-order valence-corrected chi connectivity index (χ2v) is 8.38. The first-order valence-corrected chi connectivity index (χ1v) is 10.2. The fraction of sp³-hybridized carbons (Fsp3) is 0.500. The summed E-state index contributed by atoms with van der Waals surface area (Å²) >= 11 is 0. The lowest BCUT2D eigenvalue weighted by molar-refractivity contribution is -0.947. The molecule has 6 heteroatoms. The molecule has 0 radical (unpaired) electrons. The number of esters is 1. The number of anilines is 1. The molecule has 4 rings (SSSR count). The predicted octanol–water partition coefficient (Wildman–Crippen LogP) is 2.68. The zero-order chi connectivity index (χ0) is 19.7. The number of fused-ring (bicyclic) bond motifs is 1. The molecule has 2 fully saturated rings. The van der Waals surface area contributed by atoms with Crippen molar-refractivity contribution < 1.29 is 23.6 Å². The number of amides is 2. The highest BCUT2D eigenvalue weighted by Gasteiger charge is 2.43. The van der Waals surface area contributed by atoms with Gasteiger partial charge in [0, 0.05) is 24.5 Å². The molecule has 1 aromatic rings. The van der Waals surface area contributed by atoms with Gasteiger partial charge in [-0.1, -0.05) is 0 Å². The Morgan fingerprint density at radius 1 is 1.04 bits per heavy atom. The van der Waals surface area contributed by atoms with Crippen LogP contribution in [0.25, 0.3) is 0 Å². The topological polar surface area (TPSA) is 63.7 Å². The van der Waals surface area contributed by atoms with E-state index in [4.69, 9.17) is 4.74 Å². The Labute approximate surface area is 165 Å². The van der Waals surface area contributed by atoms with Crippen LogP contribution < -0.4 is 4.90 Å². The maximum atomic E-state index is 12.5. The van der Waals surface area contributed by atoms with Crippen LogP contribution in [0.4, 0.5) is 5.69 Å². The molecular weight excluding hydrogens is 356 g/mol. The van der Waals surface area contributed by atoms with Crippen molar-refractivity contribution in [1.82, 2.24) is 0 Å². The van der Waals surface area contributed by atoms with Gasteiger partial charge in [-0.15, -0.1) is 0 Å². The van der Waals surface area contributed by atoms with E-state index in [1.165, 1.54) is 50.9 Å². The van der Waals surface area contributed by atoms with Crippen LogP contribution in [0.2, 0.25) is 0 Å². The standard InChI is InChI=1S/C22H27N2O4/c1-24-13-3-2-6-19(24)17(5-4-14-24)15-28-22(27)16-7-9-18(10-8-16)23-20(25)11-12-21(23)26/h7-12,17,19H,2-6,13-15H2,1H3/q+1/t17-,19+,24-/m0/s1. The van der Waals surface area contributed by atoms with Gasteiger partial charge < -0.3 is 9.22 Å². The molecule has 0 saturated carbocycles. The van der Waals surface area contributed by atoms with Crippen LogP contribution in [0.15, 0.2) is 36.4 Å². The Hall–Kier alpha value is -2.47. The Balaban J connectivity index is 1.37. The molecule has 148 valence electrons. The number of ether oxygens (including phenoxy) is 1. The summed E-state index contributed by atoms with van der Waals surface area (Å²) in [6, 6.07) is 7.03. The smallest absolute Gasteiger partial charge is 0.338 e. The van der Waals surface area contributed by atoms with Crippen LogP contribution in [-0.2, 0) is 14.3 Å². The zero-order valence-electron chi connectivity index (χ0n) is 16.3. The molecule has 2 saturated heterocycles. The molecule has 3 heterocycles. The van der Waals surface area contributed by atoms with Crippen molar-refractivity contribution in [3.63, 3.8) is 0 Å². The minimum Gasteiger partial charge on any atom is -0.462 e. The number of nitrogens with zero attached hydrogens (tertiary/aromatic N) is 2. The monoisotopic (exact) mass is 383 g/mol. The van der Waals surface area contributed by atoms with Gasteiger partial charge in [0.05, 0.1) is 37.4 Å². The molecule has 2 amide bonds. The van der Waals surface area contributed by atoms with Gasteiger partial charge in [-0.2, -0.15) is 0 Å². The van der Waals surface area contributed by atoms with Crippen molar-refractivity contribution in [3.05, 3.63) is 42.0 Å². The summed E-state index contributed by atoms with van der Waals surface area (Å²) in [4.78, 5) is 37.1. The number of hydrogen-bond acceptors (Lipinski definition) is 4. The number of carbonyl (C=O) groups excluding carboxylic acids is 3. The molecule has 0 bridgehead atoms. The van der Waals surface area contributed by atoms with Gasteiger partial charge in [0.15, 0.2) is 0 Å². The molecule has 6 nitrogen and oxygen atoms in total. The van der Waals surface area contributed by atoms with Crippen LogP contribution in [0.5, 0.6) is 0 Å². The van der Waals surface area contributed by atoms with Gasteiger partial charge in [-0.25, -0.2) is 9.69 Å². The second kappa shape index (κ2) is 7.51. The molecule has 0 N–H and O–H groups in total. The first-order chi connectivity index (χ1) is 13.5. The molecule has 3 aliphatic heterocycles. The third-order valence-corrected chi connectivity index (χ3v) is 6.61. The SMILES string of the molecule is C[N@@+]12CCCC[C@@H]1[C@H](COC(=O)c1ccc(N3C(=O)C=CC3=O)cc1)CCC2. The van der Waals surface area contributed by atoms with Crippen molar-refractivity contribution in [1.29, 1.82) is 0 Å². The minimum atomic E-state index is -0.369. The van der Waals surface area contributed by atoms with Crippen LogP contribution >= 0.6 is 0 Å². The van der Waals surface area contributed by atoms with E-state index < -0.39 is 0 Å². The fourth-order valence-electron chi connectivity index (χ4n) is 5.10. The third kappa shape index (κ3) is 3.49. The van der Waals surface area contributed by atoms with Gasteiger partial charge in [-0.05, 0) is 49.9 Å². The summed E-state index contributed by atoms with van der Waals surface area (Å²) in [5, 5.41) is 0. The van der Waals surface area contributed by atoms with Crippen LogP contribution in [0, 0.1) is 5.92 Å². The molecule has 1 aromatic carbocycles. The van der Waals surface area contributed by atoms with Crippen molar-refractivity contribution in [2.45, 2.75) is 38.1 Å². The van der Waals surface area contributed by atoms with E-state index in [9.17, 15) is 14.4 Å². The molecule has 3 atom stereocenters. The third-order valence-electron chi connectivity index (χ3n) is 6.61. The van der Waals surface area contributed by atoms with Crippen LogP contribution in [0.3, 0.4) is 0 Å². The van der Waals surface area contributed by atoms with Crippen molar-refractivity contribution >= 4 is 23.5 Å². The van der Waals surface area contributed by atoms with E-state index in [2.05, 4.69) is 7.05 Å². The molecule has 0 aromatic heterocycles. The van der Waals surface area contributed by atoms with Crippen LogP contribution in [-0.4, -0.2) is 55.1 Å². The lowest BCUT2D eigenvalue weighted by atomic mass is 9.82. The summed E-state index contributed by atoms with van der Waals surface area (Å²) in [6.07, 6.45) is 8.58. The van der Waals surface area contributed by atoms with E-state index in [0.717, 1.165) is 15.8 Å². The largest absolute Gasteiger partial charge is 0.462 e. The van der Waals surface area contributed by atoms with E-state index in [1.54, 1.807) is 24.3 Å². The summed E-state index contributed by atoms with van der Waals surface area (Å²) < 4.78 is 6.79. The Kier molecular flexibility index (Phi) is 5.06. The molecule has 3 aliphatic rings. The highest BCUT2D eigenvalue weighted by atomic mass is 16.5. The van der Waals surface area contributed by atoms with Gasteiger partial charge in [0.25, 0.3) is 11.8 Å². The van der Waals surface area contributed by atoms with Crippen molar-refractivity contribution in [2.24, 2.45) is 5.92 Å². The quantitative estimate of drug-likeness (QED) is 0.456. The average molecular weight is 383 g/mol. The van der Waals surface area contributed by atoms with Gasteiger partial charge >= 0.3 is 5.97 Å². The zero-order valence-corrected chi connectivity index (χ0v) is 16.3. The highest BCUT2D eigenvalue weighted by molar-refractivity contribution is 6.28. The van der Waals surface area contributed by atoms with Gasteiger partial charge in [-0.3, -0.25) is 9.59 Å². The van der Waals surface area contributed by atoms with Crippen molar-refractivity contribution in [3.8, 4) is 0 Å². The van der Waals surface area contributed by atoms with E-state index in [0.29, 0.717) is 29.8 Å². The molecular formula is C22H27N2O4+. The average Bonchev–Trinajstić information content (AvgIpc) is 3.03. The number of benzene rings is 1. The van der Waals surface area contributed by atoms with Crippen LogP contribution in [0.1, 0.15) is 42.5 Å². The second-order valence-electron chi connectivity index (χ2n) is 8.38. The predicted molar refractivity (Wildman–Crippen MR) is 105 cm³/mol. The van der Waals surface area contributed by atoms with Crippen molar-refractivity contribution in [2.75, 3.05) is 31.6 Å². The van der Waals surface area contributed by atoms with Gasteiger partial charge in [0.2, 0.25) is 0 Å².